The number of hydrogen-bond donors (Lipinski definition) is 2. The standard InChI is InChI=1S/C21H19ClN4O2/c22-18-4-2-1-3-16(18)11-23-20(27)14-7-9-17(10-8-14)26-12-19(24-13-26)25-21(28)15-5-6-15/h1-4,7-10,12-13,15H,5-6,11H2,(H,23,27)(H,25,28). The lowest BCUT2D eigenvalue weighted by atomic mass is 10.1. The van der Waals surface area contributed by atoms with E-state index in [0.717, 1.165) is 24.1 Å². The number of nitrogens with one attached hydrogen (secondary N) is 2. The number of carbonyl (C=O) groups is 2. The molecule has 2 N–H and O–H groups in total. The molecule has 0 unspecified atom stereocenters. The van der Waals surface area contributed by atoms with Crippen LogP contribution in [-0.2, 0) is 11.3 Å². The maximum absolute atomic E-state index is 12.4. The van der Waals surface area contributed by atoms with Crippen LogP contribution in [0.3, 0.4) is 0 Å². The fourth-order valence-corrected chi connectivity index (χ4v) is 3.01. The number of halogens is 1. The van der Waals surface area contributed by atoms with Crippen molar-refractivity contribution in [3.63, 3.8) is 0 Å². The molecule has 0 spiro atoms. The van der Waals surface area contributed by atoms with Crippen molar-refractivity contribution in [1.82, 2.24) is 14.9 Å². The molecule has 0 aliphatic heterocycles. The zero-order valence-corrected chi connectivity index (χ0v) is 15.8. The first-order chi connectivity index (χ1) is 13.6. The van der Waals surface area contributed by atoms with E-state index in [1.807, 2.05) is 30.3 Å². The molecule has 1 aliphatic carbocycles. The first-order valence-corrected chi connectivity index (χ1v) is 9.45. The van der Waals surface area contributed by atoms with E-state index in [2.05, 4.69) is 15.6 Å². The van der Waals surface area contributed by atoms with Gasteiger partial charge in [-0.3, -0.25) is 9.59 Å². The normalized spacial score (nSPS) is 13.2. The van der Waals surface area contributed by atoms with E-state index >= 15 is 0 Å². The SMILES string of the molecule is O=C(NCc1ccccc1Cl)c1ccc(-n2cnc(NC(=O)C3CC3)c2)cc1. The zero-order chi connectivity index (χ0) is 19.5. The molecule has 1 fully saturated rings. The third-order valence-corrected chi connectivity index (χ3v) is 4.98. The molecule has 6 nitrogen and oxygen atoms in total. The van der Waals surface area contributed by atoms with E-state index in [1.54, 1.807) is 35.3 Å². The van der Waals surface area contributed by atoms with Crippen LogP contribution in [0.4, 0.5) is 5.82 Å². The number of amides is 2. The van der Waals surface area contributed by atoms with Crippen molar-refractivity contribution in [3.8, 4) is 5.69 Å². The van der Waals surface area contributed by atoms with Gasteiger partial charge in [0.25, 0.3) is 5.91 Å². The van der Waals surface area contributed by atoms with Gasteiger partial charge in [0, 0.05) is 28.7 Å². The molecular formula is C21H19ClN4O2. The molecular weight excluding hydrogens is 376 g/mol. The first-order valence-electron chi connectivity index (χ1n) is 9.07. The molecule has 142 valence electrons. The smallest absolute Gasteiger partial charge is 0.251 e. The van der Waals surface area contributed by atoms with E-state index in [1.165, 1.54) is 0 Å². The fourth-order valence-electron chi connectivity index (χ4n) is 2.81. The molecule has 28 heavy (non-hydrogen) atoms. The quantitative estimate of drug-likeness (QED) is 0.667. The maximum atomic E-state index is 12.4. The molecule has 1 aliphatic rings. The molecule has 2 amide bonds. The van der Waals surface area contributed by atoms with Gasteiger partial charge in [0.2, 0.25) is 5.91 Å². The first kappa shape index (κ1) is 18.3. The van der Waals surface area contributed by atoms with Gasteiger partial charge in [-0.05, 0) is 48.7 Å². The van der Waals surface area contributed by atoms with Gasteiger partial charge in [0.15, 0.2) is 5.82 Å². The van der Waals surface area contributed by atoms with Crippen LogP contribution in [0.15, 0.2) is 61.1 Å². The Morgan fingerprint density at radius 2 is 1.86 bits per heavy atom. The lowest BCUT2D eigenvalue weighted by Gasteiger charge is -2.08. The zero-order valence-electron chi connectivity index (χ0n) is 15.1. The lowest BCUT2D eigenvalue weighted by molar-refractivity contribution is -0.117. The Kier molecular flexibility index (Phi) is 5.12. The number of carbonyl (C=O) groups excluding carboxylic acids is 2. The second kappa shape index (κ2) is 7.86. The highest BCUT2D eigenvalue weighted by molar-refractivity contribution is 6.31. The topological polar surface area (TPSA) is 76.0 Å². The maximum Gasteiger partial charge on any atom is 0.251 e. The monoisotopic (exact) mass is 394 g/mol. The van der Waals surface area contributed by atoms with Crippen molar-refractivity contribution in [3.05, 3.63) is 77.2 Å². The van der Waals surface area contributed by atoms with Crippen LogP contribution in [0.25, 0.3) is 5.69 Å². The Morgan fingerprint density at radius 1 is 1.11 bits per heavy atom. The number of nitrogens with zero attached hydrogens (tertiary/aromatic N) is 2. The van der Waals surface area contributed by atoms with Gasteiger partial charge >= 0.3 is 0 Å². The van der Waals surface area contributed by atoms with Gasteiger partial charge in [-0.15, -0.1) is 0 Å². The van der Waals surface area contributed by atoms with Crippen LogP contribution in [0.2, 0.25) is 5.02 Å². The summed E-state index contributed by atoms with van der Waals surface area (Å²) in [7, 11) is 0. The molecule has 1 saturated carbocycles. The van der Waals surface area contributed by atoms with Crippen LogP contribution < -0.4 is 10.6 Å². The summed E-state index contributed by atoms with van der Waals surface area (Å²) in [6.45, 7) is 0.367. The molecule has 0 saturated heterocycles. The van der Waals surface area contributed by atoms with E-state index in [4.69, 9.17) is 11.6 Å². The van der Waals surface area contributed by atoms with Gasteiger partial charge in [0.05, 0.1) is 6.20 Å². The predicted molar refractivity (Wildman–Crippen MR) is 108 cm³/mol. The summed E-state index contributed by atoms with van der Waals surface area (Å²) in [5.74, 6) is 0.512. The highest BCUT2D eigenvalue weighted by Gasteiger charge is 2.29. The summed E-state index contributed by atoms with van der Waals surface area (Å²) in [5, 5.41) is 6.31. The van der Waals surface area contributed by atoms with E-state index in [9.17, 15) is 9.59 Å². The summed E-state index contributed by atoms with van der Waals surface area (Å²) in [6.07, 6.45) is 5.29. The van der Waals surface area contributed by atoms with Crippen molar-refractivity contribution in [1.29, 1.82) is 0 Å². The lowest BCUT2D eigenvalue weighted by Crippen LogP contribution is -2.22. The number of hydrogen-bond acceptors (Lipinski definition) is 3. The van der Waals surface area contributed by atoms with Crippen molar-refractivity contribution in [2.24, 2.45) is 5.92 Å². The Morgan fingerprint density at radius 3 is 2.57 bits per heavy atom. The van der Waals surface area contributed by atoms with Crippen LogP contribution >= 0.6 is 11.6 Å². The fraction of sp³-hybridized carbons (Fsp3) is 0.190. The van der Waals surface area contributed by atoms with Crippen molar-refractivity contribution < 1.29 is 9.59 Å². The van der Waals surface area contributed by atoms with Crippen LogP contribution in [-0.4, -0.2) is 21.4 Å². The molecule has 4 rings (SSSR count). The highest BCUT2D eigenvalue weighted by atomic mass is 35.5. The van der Waals surface area contributed by atoms with Crippen molar-refractivity contribution in [2.45, 2.75) is 19.4 Å². The molecule has 3 aromatic rings. The summed E-state index contributed by atoms with van der Waals surface area (Å²) in [6, 6.07) is 14.6. The summed E-state index contributed by atoms with van der Waals surface area (Å²) < 4.78 is 1.80. The number of rotatable bonds is 6. The Bertz CT molecular complexity index is 1010. The second-order valence-corrected chi connectivity index (χ2v) is 7.16. The van der Waals surface area contributed by atoms with E-state index in [0.29, 0.717) is 22.9 Å². The number of anilines is 1. The van der Waals surface area contributed by atoms with Gasteiger partial charge in [-0.25, -0.2) is 4.98 Å². The minimum Gasteiger partial charge on any atom is -0.348 e. The van der Waals surface area contributed by atoms with Gasteiger partial charge < -0.3 is 15.2 Å². The van der Waals surface area contributed by atoms with Crippen LogP contribution in [0.5, 0.6) is 0 Å². The molecule has 7 heteroatoms. The second-order valence-electron chi connectivity index (χ2n) is 6.75. The average Bonchev–Trinajstić information content (AvgIpc) is 3.47. The Balaban J connectivity index is 1.38. The van der Waals surface area contributed by atoms with Crippen molar-refractivity contribution >= 4 is 29.2 Å². The van der Waals surface area contributed by atoms with Gasteiger partial charge in [-0.2, -0.15) is 0 Å². The average molecular weight is 395 g/mol. The van der Waals surface area contributed by atoms with Gasteiger partial charge in [-0.1, -0.05) is 29.8 Å². The largest absolute Gasteiger partial charge is 0.348 e. The highest BCUT2D eigenvalue weighted by Crippen LogP contribution is 2.30. The molecule has 1 aromatic heterocycles. The number of imidazole rings is 1. The third-order valence-electron chi connectivity index (χ3n) is 4.61. The molecule has 0 atom stereocenters. The van der Waals surface area contributed by atoms with Gasteiger partial charge in [0.1, 0.15) is 6.33 Å². The predicted octanol–water partition coefficient (Wildman–Crippen LogP) is 3.80. The Labute approximate surface area is 167 Å². The van der Waals surface area contributed by atoms with Crippen LogP contribution in [0, 0.1) is 5.92 Å². The molecule has 2 aromatic carbocycles. The number of benzene rings is 2. The van der Waals surface area contributed by atoms with Crippen LogP contribution in [0.1, 0.15) is 28.8 Å². The van der Waals surface area contributed by atoms with Crippen molar-refractivity contribution in [2.75, 3.05) is 5.32 Å². The minimum atomic E-state index is -0.172. The van der Waals surface area contributed by atoms with E-state index < -0.39 is 0 Å². The third kappa shape index (κ3) is 4.23. The molecule has 1 heterocycles. The molecule has 0 radical (unpaired) electrons. The summed E-state index contributed by atoms with van der Waals surface area (Å²) in [4.78, 5) is 28.4. The minimum absolute atomic E-state index is 0.0239. The molecule has 0 bridgehead atoms. The number of aromatic nitrogens is 2. The summed E-state index contributed by atoms with van der Waals surface area (Å²) in [5.41, 5.74) is 2.27. The summed E-state index contributed by atoms with van der Waals surface area (Å²) >= 11 is 6.11. The van der Waals surface area contributed by atoms with E-state index in [-0.39, 0.29) is 17.7 Å². The Hall–Kier alpha value is -3.12.